The molecule has 2 fully saturated rings. The first kappa shape index (κ1) is 23.1. The monoisotopic (exact) mass is 452 g/mol. The Labute approximate surface area is 180 Å². The smallest absolute Gasteiger partial charge is 0.245 e. The Bertz CT molecular complexity index is 999. The Morgan fingerprint density at radius 1 is 0.900 bits per heavy atom. The summed E-state index contributed by atoms with van der Waals surface area (Å²) in [5, 5.41) is 0. The zero-order chi connectivity index (χ0) is 20.6. The van der Waals surface area contributed by atoms with Crippen molar-refractivity contribution in [2.24, 2.45) is 0 Å². The minimum Gasteiger partial charge on any atom is -0.412 e. The summed E-state index contributed by atoms with van der Waals surface area (Å²) in [5.74, 6) is 0. The molecule has 0 aromatic heterocycles. The molecule has 0 amide bonds. The van der Waals surface area contributed by atoms with Gasteiger partial charge in [-0.3, -0.25) is 0 Å². The first-order valence-electron chi connectivity index (χ1n) is 9.79. The number of benzene rings is 2. The van der Waals surface area contributed by atoms with E-state index in [2.05, 4.69) is 0 Å². The predicted octanol–water partition coefficient (Wildman–Crippen LogP) is 2.01. The van der Waals surface area contributed by atoms with Crippen LogP contribution < -0.4 is 0 Å². The molecule has 1 spiro atoms. The van der Waals surface area contributed by atoms with Crippen molar-refractivity contribution in [3.63, 3.8) is 0 Å². The molecule has 2 aromatic rings. The zero-order valence-electron chi connectivity index (χ0n) is 17.2. The SMILES string of the molecule is Cc1ccc(S(=O)N2CCC3(CC2)OCCN3S(=O)(=O)c2ccc(C)cc2)cc1.O. The van der Waals surface area contributed by atoms with Gasteiger partial charge < -0.3 is 10.2 Å². The van der Waals surface area contributed by atoms with Gasteiger partial charge in [-0.1, -0.05) is 35.4 Å². The topological polar surface area (TPSA) is 98.4 Å². The van der Waals surface area contributed by atoms with Crippen LogP contribution in [0.15, 0.2) is 58.3 Å². The average Bonchev–Trinajstić information content (AvgIpc) is 3.13. The maximum absolute atomic E-state index is 13.3. The molecule has 164 valence electrons. The molecule has 1 unspecified atom stereocenters. The third-order valence-electron chi connectivity index (χ3n) is 5.69. The number of ether oxygens (including phenoxy) is 1. The quantitative estimate of drug-likeness (QED) is 0.709. The number of hydrogen-bond acceptors (Lipinski definition) is 4. The van der Waals surface area contributed by atoms with Crippen LogP contribution in [-0.4, -0.2) is 58.7 Å². The minimum absolute atomic E-state index is 0. The van der Waals surface area contributed by atoms with E-state index in [1.807, 2.05) is 54.6 Å². The van der Waals surface area contributed by atoms with Crippen LogP contribution in [0.5, 0.6) is 0 Å². The van der Waals surface area contributed by atoms with Gasteiger partial charge in [0.1, 0.15) is 16.7 Å². The zero-order valence-corrected chi connectivity index (χ0v) is 18.8. The van der Waals surface area contributed by atoms with Gasteiger partial charge in [0.25, 0.3) is 0 Å². The summed E-state index contributed by atoms with van der Waals surface area (Å²) in [5.41, 5.74) is 1.29. The molecule has 2 heterocycles. The summed E-state index contributed by atoms with van der Waals surface area (Å²) < 4.78 is 48.8. The second-order valence-corrected chi connectivity index (χ2v) is 11.0. The van der Waals surface area contributed by atoms with Crippen LogP contribution in [0.2, 0.25) is 0 Å². The van der Waals surface area contributed by atoms with E-state index in [4.69, 9.17) is 4.74 Å². The van der Waals surface area contributed by atoms with Crippen molar-refractivity contribution in [1.29, 1.82) is 0 Å². The van der Waals surface area contributed by atoms with Gasteiger partial charge in [-0.15, -0.1) is 0 Å². The lowest BCUT2D eigenvalue weighted by molar-refractivity contribution is -0.0802. The summed E-state index contributed by atoms with van der Waals surface area (Å²) in [6.07, 6.45) is 0.991. The van der Waals surface area contributed by atoms with Crippen LogP contribution in [0.25, 0.3) is 0 Å². The number of rotatable bonds is 4. The predicted molar refractivity (Wildman–Crippen MR) is 116 cm³/mol. The lowest BCUT2D eigenvalue weighted by Gasteiger charge is -2.42. The van der Waals surface area contributed by atoms with Gasteiger partial charge in [-0.2, -0.15) is 4.31 Å². The number of sulfonamides is 1. The molecule has 0 radical (unpaired) electrons. The molecule has 1 atom stereocenters. The molecule has 2 N–H and O–H groups in total. The second kappa shape index (κ2) is 8.86. The van der Waals surface area contributed by atoms with Crippen molar-refractivity contribution in [3.8, 4) is 0 Å². The van der Waals surface area contributed by atoms with Gasteiger partial charge in [-0.05, 0) is 38.1 Å². The van der Waals surface area contributed by atoms with Crippen LogP contribution in [-0.2, 0) is 25.7 Å². The first-order valence-corrected chi connectivity index (χ1v) is 12.3. The minimum atomic E-state index is -3.64. The van der Waals surface area contributed by atoms with E-state index >= 15 is 0 Å². The van der Waals surface area contributed by atoms with Crippen molar-refractivity contribution in [2.45, 2.75) is 42.2 Å². The number of nitrogens with zero attached hydrogens (tertiary/aromatic N) is 2. The van der Waals surface area contributed by atoms with E-state index in [0.717, 1.165) is 16.0 Å². The van der Waals surface area contributed by atoms with Gasteiger partial charge in [0, 0.05) is 32.5 Å². The van der Waals surface area contributed by atoms with Crippen LogP contribution in [0, 0.1) is 13.8 Å². The summed E-state index contributed by atoms with van der Waals surface area (Å²) >= 11 is 0. The van der Waals surface area contributed by atoms with Gasteiger partial charge in [0.15, 0.2) is 0 Å². The third kappa shape index (κ3) is 4.23. The van der Waals surface area contributed by atoms with Crippen molar-refractivity contribution in [2.75, 3.05) is 26.2 Å². The summed E-state index contributed by atoms with van der Waals surface area (Å²) in [6.45, 7) is 5.68. The molecular weight excluding hydrogens is 424 g/mol. The largest absolute Gasteiger partial charge is 0.412 e. The molecule has 30 heavy (non-hydrogen) atoms. The maximum atomic E-state index is 13.3. The maximum Gasteiger partial charge on any atom is 0.245 e. The normalized spacial score (nSPS) is 20.7. The highest BCUT2D eigenvalue weighted by Crippen LogP contribution is 2.39. The average molecular weight is 453 g/mol. The first-order chi connectivity index (χ1) is 13.8. The lowest BCUT2D eigenvalue weighted by atomic mass is 10.0. The van der Waals surface area contributed by atoms with Gasteiger partial charge in [0.2, 0.25) is 10.0 Å². The Morgan fingerprint density at radius 2 is 1.43 bits per heavy atom. The number of hydrogen-bond donors (Lipinski definition) is 0. The molecule has 4 rings (SSSR count). The summed E-state index contributed by atoms with van der Waals surface area (Å²) in [7, 11) is -4.90. The highest BCUT2D eigenvalue weighted by Gasteiger charge is 2.51. The standard InChI is InChI=1S/C21H26N2O4S2.H2O/c1-17-3-7-19(8-4-17)28(24)22-13-11-21(12-14-22)23(15-16-27-21)29(25,26)20-9-5-18(2)6-10-20;/h3-10H,11-16H2,1-2H3;1H2. The number of aryl methyl sites for hydroxylation is 2. The van der Waals surface area contributed by atoms with Crippen molar-refractivity contribution >= 4 is 21.0 Å². The van der Waals surface area contributed by atoms with E-state index < -0.39 is 26.7 Å². The van der Waals surface area contributed by atoms with E-state index in [0.29, 0.717) is 44.0 Å². The van der Waals surface area contributed by atoms with E-state index in [9.17, 15) is 12.6 Å². The molecular formula is C21H28N2O5S2. The van der Waals surface area contributed by atoms with E-state index in [1.54, 1.807) is 12.1 Å². The molecule has 2 aliphatic rings. The summed E-state index contributed by atoms with van der Waals surface area (Å²) in [6, 6.07) is 14.6. The molecule has 7 nitrogen and oxygen atoms in total. The van der Waals surface area contributed by atoms with Crippen LogP contribution >= 0.6 is 0 Å². The van der Waals surface area contributed by atoms with E-state index in [-0.39, 0.29) is 5.48 Å². The Kier molecular flexibility index (Phi) is 6.81. The molecule has 0 bridgehead atoms. The summed E-state index contributed by atoms with van der Waals surface area (Å²) in [4.78, 5) is 1.06. The highest BCUT2D eigenvalue weighted by atomic mass is 32.2. The Morgan fingerprint density at radius 3 is 2.00 bits per heavy atom. The van der Waals surface area contributed by atoms with Gasteiger partial charge in [-0.25, -0.2) is 16.9 Å². The molecule has 9 heteroatoms. The fraction of sp³-hybridized carbons (Fsp3) is 0.429. The number of piperidine rings is 1. The van der Waals surface area contributed by atoms with Crippen molar-refractivity contribution in [1.82, 2.24) is 8.61 Å². The highest BCUT2D eigenvalue weighted by molar-refractivity contribution is 7.89. The lowest BCUT2D eigenvalue weighted by Crippen LogP contribution is -2.54. The molecule has 2 saturated heterocycles. The van der Waals surface area contributed by atoms with Crippen molar-refractivity contribution < 1.29 is 22.8 Å². The third-order valence-corrected chi connectivity index (χ3v) is 9.16. The van der Waals surface area contributed by atoms with Crippen LogP contribution in [0.3, 0.4) is 0 Å². The van der Waals surface area contributed by atoms with Gasteiger partial charge >= 0.3 is 0 Å². The fourth-order valence-electron chi connectivity index (χ4n) is 3.97. The van der Waals surface area contributed by atoms with Crippen molar-refractivity contribution in [3.05, 3.63) is 59.7 Å². The molecule has 0 saturated carbocycles. The fourth-order valence-corrected chi connectivity index (χ4v) is 6.87. The molecule has 2 aromatic carbocycles. The van der Waals surface area contributed by atoms with E-state index in [1.165, 1.54) is 4.31 Å². The Hall–Kier alpha value is -1.62. The van der Waals surface area contributed by atoms with Gasteiger partial charge in [0.05, 0.1) is 16.4 Å². The Balaban J connectivity index is 0.00000256. The second-order valence-electron chi connectivity index (χ2n) is 7.68. The molecule has 0 aliphatic carbocycles. The molecule has 2 aliphatic heterocycles. The van der Waals surface area contributed by atoms with Crippen LogP contribution in [0.1, 0.15) is 24.0 Å². The van der Waals surface area contributed by atoms with Crippen LogP contribution in [0.4, 0.5) is 0 Å².